The number of hydrogen-bond donors (Lipinski definition) is 2. The molecule has 3 N–H and O–H groups in total. The minimum Gasteiger partial charge on any atom is -0.350 e. The van der Waals surface area contributed by atoms with Crippen LogP contribution in [0.1, 0.15) is 31.7 Å². The van der Waals surface area contributed by atoms with Crippen molar-refractivity contribution < 1.29 is 14.0 Å². The Balaban J connectivity index is 1.86. The molecule has 0 spiro atoms. The monoisotopic (exact) mass is 335 g/mol. The Kier molecular flexibility index (Phi) is 6.73. The van der Waals surface area contributed by atoms with E-state index < -0.39 is 0 Å². The van der Waals surface area contributed by atoms with E-state index in [9.17, 15) is 14.0 Å². The van der Waals surface area contributed by atoms with Gasteiger partial charge >= 0.3 is 0 Å². The molecule has 0 saturated heterocycles. The third kappa shape index (κ3) is 4.77. The van der Waals surface area contributed by atoms with E-state index in [1.165, 1.54) is 12.1 Å². The summed E-state index contributed by atoms with van der Waals surface area (Å²) in [4.78, 5) is 26.4. The summed E-state index contributed by atoms with van der Waals surface area (Å²) < 4.78 is 12.9. The molecule has 1 aliphatic carbocycles. The SMILES string of the molecule is CCN(CC(=O)NCc1ccc(F)cc1)C(=O)[C@@H]1CCC[C@@H]1CN. The van der Waals surface area contributed by atoms with Gasteiger partial charge in [0.1, 0.15) is 5.82 Å². The molecule has 0 aliphatic heterocycles. The second kappa shape index (κ2) is 8.78. The lowest BCUT2D eigenvalue weighted by atomic mass is 9.94. The molecular weight excluding hydrogens is 309 g/mol. The normalized spacial score (nSPS) is 20.0. The first-order valence-electron chi connectivity index (χ1n) is 8.55. The summed E-state index contributed by atoms with van der Waals surface area (Å²) in [5.74, 6) is -0.313. The molecule has 1 saturated carbocycles. The molecule has 0 bridgehead atoms. The van der Waals surface area contributed by atoms with Crippen molar-refractivity contribution in [2.45, 2.75) is 32.7 Å². The minimum atomic E-state index is -0.307. The van der Waals surface area contributed by atoms with Crippen molar-refractivity contribution in [3.63, 3.8) is 0 Å². The Morgan fingerprint density at radius 2 is 2.00 bits per heavy atom. The average Bonchev–Trinajstić information content (AvgIpc) is 3.07. The molecule has 132 valence electrons. The van der Waals surface area contributed by atoms with Gasteiger partial charge in [-0.2, -0.15) is 0 Å². The van der Waals surface area contributed by atoms with Gasteiger partial charge in [-0.05, 0) is 49.9 Å². The third-order valence-corrected chi connectivity index (χ3v) is 4.71. The summed E-state index contributed by atoms with van der Waals surface area (Å²) in [5, 5.41) is 2.77. The molecule has 2 rings (SSSR count). The Labute approximate surface area is 142 Å². The number of halogens is 1. The highest BCUT2D eigenvalue weighted by Gasteiger charge is 2.34. The van der Waals surface area contributed by atoms with Gasteiger partial charge in [-0.1, -0.05) is 18.6 Å². The van der Waals surface area contributed by atoms with Crippen LogP contribution < -0.4 is 11.1 Å². The van der Waals surface area contributed by atoms with Gasteiger partial charge < -0.3 is 16.0 Å². The van der Waals surface area contributed by atoms with Gasteiger partial charge in [-0.3, -0.25) is 9.59 Å². The number of nitrogens with one attached hydrogen (secondary N) is 1. The van der Waals surface area contributed by atoms with Crippen LogP contribution in [0.15, 0.2) is 24.3 Å². The predicted octanol–water partition coefficient (Wildman–Crippen LogP) is 1.67. The highest BCUT2D eigenvalue weighted by Crippen LogP contribution is 2.32. The second-order valence-electron chi connectivity index (χ2n) is 6.29. The fraction of sp³-hybridized carbons (Fsp3) is 0.556. The predicted molar refractivity (Wildman–Crippen MR) is 90.4 cm³/mol. The van der Waals surface area contributed by atoms with Crippen LogP contribution >= 0.6 is 0 Å². The van der Waals surface area contributed by atoms with Gasteiger partial charge in [0.25, 0.3) is 0 Å². The fourth-order valence-electron chi connectivity index (χ4n) is 3.26. The maximum Gasteiger partial charge on any atom is 0.239 e. The van der Waals surface area contributed by atoms with Crippen LogP contribution in [0.5, 0.6) is 0 Å². The maximum atomic E-state index is 12.9. The van der Waals surface area contributed by atoms with Gasteiger partial charge in [0, 0.05) is 19.0 Å². The summed E-state index contributed by atoms with van der Waals surface area (Å²) >= 11 is 0. The first-order chi connectivity index (χ1) is 11.5. The van der Waals surface area contributed by atoms with Gasteiger partial charge in [-0.25, -0.2) is 4.39 Å². The number of carbonyl (C=O) groups is 2. The van der Waals surface area contributed by atoms with E-state index in [4.69, 9.17) is 5.73 Å². The molecule has 1 aromatic carbocycles. The largest absolute Gasteiger partial charge is 0.350 e. The van der Waals surface area contributed by atoms with E-state index in [1.807, 2.05) is 6.92 Å². The van der Waals surface area contributed by atoms with Crippen LogP contribution in [0.2, 0.25) is 0 Å². The third-order valence-electron chi connectivity index (χ3n) is 4.71. The van der Waals surface area contributed by atoms with Crippen LogP contribution in [-0.2, 0) is 16.1 Å². The van der Waals surface area contributed by atoms with Crippen LogP contribution in [0.4, 0.5) is 4.39 Å². The van der Waals surface area contributed by atoms with Gasteiger partial charge in [0.2, 0.25) is 11.8 Å². The Morgan fingerprint density at radius 1 is 1.29 bits per heavy atom. The van der Waals surface area contributed by atoms with Crippen LogP contribution in [0, 0.1) is 17.7 Å². The van der Waals surface area contributed by atoms with Gasteiger partial charge in [0.05, 0.1) is 6.54 Å². The van der Waals surface area contributed by atoms with Crippen molar-refractivity contribution >= 4 is 11.8 Å². The van der Waals surface area contributed by atoms with Crippen LogP contribution in [0.25, 0.3) is 0 Å². The smallest absolute Gasteiger partial charge is 0.239 e. The number of carbonyl (C=O) groups excluding carboxylic acids is 2. The molecule has 6 heteroatoms. The lowest BCUT2D eigenvalue weighted by Gasteiger charge is -2.26. The molecule has 1 fully saturated rings. The molecule has 2 atom stereocenters. The second-order valence-corrected chi connectivity index (χ2v) is 6.29. The number of amides is 2. The molecule has 1 aliphatic rings. The summed E-state index contributed by atoms with van der Waals surface area (Å²) in [7, 11) is 0. The number of hydrogen-bond acceptors (Lipinski definition) is 3. The standard InChI is InChI=1S/C18H26FN3O2/c1-2-22(18(24)16-5-3-4-14(16)10-20)12-17(23)21-11-13-6-8-15(19)9-7-13/h6-9,14,16H,2-5,10-12,20H2,1H3,(H,21,23)/t14-,16-/m1/s1. The number of likely N-dealkylation sites (N-methyl/N-ethyl adjacent to an activating group) is 1. The molecule has 2 amide bonds. The molecule has 0 aromatic heterocycles. The maximum absolute atomic E-state index is 12.9. The Morgan fingerprint density at radius 3 is 2.62 bits per heavy atom. The van der Waals surface area contributed by atoms with Crippen molar-refractivity contribution in [1.82, 2.24) is 10.2 Å². The first-order valence-corrected chi connectivity index (χ1v) is 8.55. The highest BCUT2D eigenvalue weighted by molar-refractivity contribution is 5.86. The average molecular weight is 335 g/mol. The highest BCUT2D eigenvalue weighted by atomic mass is 19.1. The fourth-order valence-corrected chi connectivity index (χ4v) is 3.26. The zero-order valence-electron chi connectivity index (χ0n) is 14.1. The van der Waals surface area contributed by atoms with Crippen molar-refractivity contribution in [2.24, 2.45) is 17.6 Å². The number of benzene rings is 1. The lowest BCUT2D eigenvalue weighted by Crippen LogP contribution is -2.44. The number of nitrogens with two attached hydrogens (primary N) is 1. The Bertz CT molecular complexity index is 562. The van der Waals surface area contributed by atoms with E-state index >= 15 is 0 Å². The van der Waals surface area contributed by atoms with E-state index in [-0.39, 0.29) is 36.0 Å². The Hall–Kier alpha value is -1.95. The minimum absolute atomic E-state index is 0.0300. The summed E-state index contributed by atoms with van der Waals surface area (Å²) in [5.41, 5.74) is 6.57. The van der Waals surface area contributed by atoms with E-state index in [0.29, 0.717) is 19.6 Å². The molecule has 0 unspecified atom stereocenters. The summed E-state index contributed by atoms with van der Waals surface area (Å²) in [6.07, 6.45) is 2.86. The summed E-state index contributed by atoms with van der Waals surface area (Å²) in [6, 6.07) is 5.97. The molecular formula is C18H26FN3O2. The zero-order valence-corrected chi connectivity index (χ0v) is 14.1. The quantitative estimate of drug-likeness (QED) is 0.796. The van der Waals surface area contributed by atoms with Crippen molar-refractivity contribution in [2.75, 3.05) is 19.6 Å². The van der Waals surface area contributed by atoms with E-state index in [1.54, 1.807) is 17.0 Å². The zero-order chi connectivity index (χ0) is 17.5. The van der Waals surface area contributed by atoms with E-state index in [0.717, 1.165) is 24.8 Å². The van der Waals surface area contributed by atoms with Crippen LogP contribution in [0.3, 0.4) is 0 Å². The van der Waals surface area contributed by atoms with Crippen molar-refractivity contribution in [1.29, 1.82) is 0 Å². The topological polar surface area (TPSA) is 75.4 Å². The molecule has 1 aromatic rings. The van der Waals surface area contributed by atoms with Crippen molar-refractivity contribution in [3.05, 3.63) is 35.6 Å². The van der Waals surface area contributed by atoms with Crippen LogP contribution in [-0.4, -0.2) is 36.3 Å². The van der Waals surface area contributed by atoms with Gasteiger partial charge in [0.15, 0.2) is 0 Å². The summed E-state index contributed by atoms with van der Waals surface area (Å²) in [6.45, 7) is 3.25. The molecule has 24 heavy (non-hydrogen) atoms. The molecule has 5 nitrogen and oxygen atoms in total. The molecule has 0 radical (unpaired) electrons. The number of rotatable bonds is 7. The van der Waals surface area contributed by atoms with Gasteiger partial charge in [-0.15, -0.1) is 0 Å². The van der Waals surface area contributed by atoms with E-state index in [2.05, 4.69) is 5.32 Å². The molecule has 0 heterocycles. The lowest BCUT2D eigenvalue weighted by molar-refractivity contribution is -0.140. The number of nitrogens with zero attached hydrogens (tertiary/aromatic N) is 1. The first kappa shape index (κ1) is 18.4. The van der Waals surface area contributed by atoms with Crippen molar-refractivity contribution in [3.8, 4) is 0 Å².